The van der Waals surface area contributed by atoms with Crippen molar-refractivity contribution in [2.45, 2.75) is 25.3 Å². The summed E-state index contributed by atoms with van der Waals surface area (Å²) in [7, 11) is 1.98. The normalized spacial score (nSPS) is 52.8. The third-order valence-electron chi connectivity index (χ3n) is 3.94. The Bertz CT molecular complexity index is 226. The molecule has 4 atom stereocenters. The first-order valence-corrected chi connectivity index (χ1v) is 4.54. The molecular weight excluding hydrogens is 138 g/mol. The van der Waals surface area contributed by atoms with E-state index in [1.54, 1.807) is 0 Å². The van der Waals surface area contributed by atoms with E-state index >= 15 is 0 Å². The lowest BCUT2D eigenvalue weighted by Crippen LogP contribution is -2.28. The van der Waals surface area contributed by atoms with E-state index in [1.807, 2.05) is 11.9 Å². The molecule has 0 N–H and O–H groups in total. The Morgan fingerprint density at radius 1 is 1.36 bits per heavy atom. The summed E-state index contributed by atoms with van der Waals surface area (Å²) in [6.07, 6.45) is 3.83. The molecule has 3 rings (SSSR count). The van der Waals surface area contributed by atoms with Crippen LogP contribution in [0, 0.1) is 17.8 Å². The smallest absolute Gasteiger partial charge is 0.226 e. The summed E-state index contributed by atoms with van der Waals surface area (Å²) in [6, 6.07) is 0.631. The second-order valence-corrected chi connectivity index (χ2v) is 4.36. The van der Waals surface area contributed by atoms with Crippen LogP contribution in [0.5, 0.6) is 0 Å². The number of fused-ring (bicyclic) bond motifs is 1. The van der Waals surface area contributed by atoms with E-state index in [4.69, 9.17) is 0 Å². The first kappa shape index (κ1) is 6.04. The number of carbonyl (C=O) groups is 1. The van der Waals surface area contributed by atoms with Gasteiger partial charge in [-0.25, -0.2) is 0 Å². The SMILES string of the molecule is CN1C(=O)[C@@H]2C[C@H]3C[C@H]2[C@@H]1C3. The van der Waals surface area contributed by atoms with Gasteiger partial charge < -0.3 is 4.90 Å². The molecule has 1 aliphatic heterocycles. The number of rotatable bonds is 0. The highest BCUT2D eigenvalue weighted by atomic mass is 16.2. The number of hydrogen-bond donors (Lipinski definition) is 0. The number of nitrogens with zero attached hydrogens (tertiary/aromatic N) is 1. The van der Waals surface area contributed by atoms with Crippen molar-refractivity contribution in [3.63, 3.8) is 0 Å². The van der Waals surface area contributed by atoms with Crippen LogP contribution >= 0.6 is 0 Å². The van der Waals surface area contributed by atoms with Crippen molar-refractivity contribution in [1.29, 1.82) is 0 Å². The van der Waals surface area contributed by atoms with Crippen LogP contribution in [0.3, 0.4) is 0 Å². The fourth-order valence-corrected chi connectivity index (χ4v) is 3.47. The van der Waals surface area contributed by atoms with Crippen LogP contribution in [-0.2, 0) is 4.79 Å². The molecule has 0 spiro atoms. The zero-order valence-electron chi connectivity index (χ0n) is 6.79. The average molecular weight is 151 g/mol. The van der Waals surface area contributed by atoms with Gasteiger partial charge in [-0.05, 0) is 31.1 Å². The molecule has 2 nitrogen and oxygen atoms in total. The lowest BCUT2D eigenvalue weighted by molar-refractivity contribution is -0.130. The molecule has 0 aromatic rings. The van der Waals surface area contributed by atoms with E-state index in [1.165, 1.54) is 19.3 Å². The predicted octanol–water partition coefficient (Wildman–Crippen LogP) is 0.873. The summed E-state index contributed by atoms with van der Waals surface area (Å²) in [5.41, 5.74) is 0. The number of hydrogen-bond acceptors (Lipinski definition) is 1. The summed E-state index contributed by atoms with van der Waals surface area (Å²) in [6.45, 7) is 0. The molecule has 0 unspecified atom stereocenters. The molecule has 0 aromatic heterocycles. The fourth-order valence-electron chi connectivity index (χ4n) is 3.47. The van der Waals surface area contributed by atoms with Crippen LogP contribution in [0.2, 0.25) is 0 Å². The molecule has 2 saturated carbocycles. The van der Waals surface area contributed by atoms with Crippen molar-refractivity contribution >= 4 is 5.91 Å². The molecule has 2 bridgehead atoms. The Labute approximate surface area is 66.6 Å². The molecule has 1 amide bonds. The number of amides is 1. The summed E-state index contributed by atoms with van der Waals surface area (Å²) in [5, 5.41) is 0. The highest BCUT2D eigenvalue weighted by Crippen LogP contribution is 2.54. The second kappa shape index (κ2) is 1.62. The van der Waals surface area contributed by atoms with Gasteiger partial charge in [-0.2, -0.15) is 0 Å². The van der Waals surface area contributed by atoms with Crippen molar-refractivity contribution in [3.05, 3.63) is 0 Å². The maximum atomic E-state index is 11.5. The van der Waals surface area contributed by atoms with E-state index in [-0.39, 0.29) is 0 Å². The Kier molecular flexibility index (Phi) is 0.890. The second-order valence-electron chi connectivity index (χ2n) is 4.36. The summed E-state index contributed by atoms with van der Waals surface area (Å²) in [4.78, 5) is 13.6. The first-order chi connectivity index (χ1) is 5.27. The van der Waals surface area contributed by atoms with Crippen molar-refractivity contribution in [2.24, 2.45) is 17.8 Å². The summed E-state index contributed by atoms with van der Waals surface area (Å²) in [5.74, 6) is 2.50. The zero-order chi connectivity index (χ0) is 7.59. The molecule has 1 saturated heterocycles. The van der Waals surface area contributed by atoms with Gasteiger partial charge in [0.15, 0.2) is 0 Å². The predicted molar refractivity (Wildman–Crippen MR) is 40.9 cm³/mol. The van der Waals surface area contributed by atoms with Crippen molar-refractivity contribution in [1.82, 2.24) is 4.90 Å². The van der Waals surface area contributed by atoms with E-state index in [2.05, 4.69) is 0 Å². The summed E-state index contributed by atoms with van der Waals surface area (Å²) < 4.78 is 0. The maximum absolute atomic E-state index is 11.5. The van der Waals surface area contributed by atoms with Crippen LogP contribution in [0.15, 0.2) is 0 Å². The van der Waals surface area contributed by atoms with Crippen LogP contribution < -0.4 is 0 Å². The number of carbonyl (C=O) groups excluding carboxylic acids is 1. The third-order valence-corrected chi connectivity index (χ3v) is 3.94. The minimum atomic E-state index is 0.431. The monoisotopic (exact) mass is 151 g/mol. The fraction of sp³-hybridized carbons (Fsp3) is 0.889. The molecular formula is C9H13NO. The topological polar surface area (TPSA) is 20.3 Å². The Morgan fingerprint density at radius 2 is 2.18 bits per heavy atom. The molecule has 60 valence electrons. The highest BCUT2D eigenvalue weighted by Gasteiger charge is 2.56. The van der Waals surface area contributed by atoms with Crippen molar-refractivity contribution in [3.8, 4) is 0 Å². The van der Waals surface area contributed by atoms with Crippen LogP contribution in [0.4, 0.5) is 0 Å². The van der Waals surface area contributed by atoms with Gasteiger partial charge >= 0.3 is 0 Å². The largest absolute Gasteiger partial charge is 0.342 e. The van der Waals surface area contributed by atoms with Crippen molar-refractivity contribution < 1.29 is 4.79 Å². The Balaban J connectivity index is 2.05. The zero-order valence-corrected chi connectivity index (χ0v) is 6.79. The van der Waals surface area contributed by atoms with Gasteiger partial charge in [0.05, 0.1) is 0 Å². The van der Waals surface area contributed by atoms with Gasteiger partial charge in [-0.1, -0.05) is 0 Å². The van der Waals surface area contributed by atoms with E-state index in [0.29, 0.717) is 17.9 Å². The molecule has 0 aromatic carbocycles. The summed E-state index contributed by atoms with van der Waals surface area (Å²) >= 11 is 0. The van der Waals surface area contributed by atoms with Gasteiger partial charge in [0.1, 0.15) is 0 Å². The average Bonchev–Trinajstić information content (AvgIpc) is 2.60. The van der Waals surface area contributed by atoms with E-state index in [9.17, 15) is 4.79 Å². The molecule has 3 fully saturated rings. The molecule has 2 aliphatic carbocycles. The lowest BCUT2D eigenvalue weighted by atomic mass is 9.90. The van der Waals surface area contributed by atoms with Crippen LogP contribution in [-0.4, -0.2) is 23.9 Å². The van der Waals surface area contributed by atoms with Gasteiger partial charge in [0.2, 0.25) is 5.91 Å². The van der Waals surface area contributed by atoms with Gasteiger partial charge in [0.25, 0.3) is 0 Å². The van der Waals surface area contributed by atoms with Gasteiger partial charge in [0, 0.05) is 19.0 Å². The number of likely N-dealkylation sites (tertiary alicyclic amines) is 1. The Morgan fingerprint density at radius 3 is 2.73 bits per heavy atom. The van der Waals surface area contributed by atoms with Gasteiger partial charge in [-0.3, -0.25) is 4.79 Å². The van der Waals surface area contributed by atoms with E-state index < -0.39 is 0 Å². The lowest BCUT2D eigenvalue weighted by Gasteiger charge is -2.19. The minimum absolute atomic E-state index is 0.431. The molecule has 3 aliphatic rings. The molecule has 2 heteroatoms. The maximum Gasteiger partial charge on any atom is 0.226 e. The quantitative estimate of drug-likeness (QED) is 0.503. The molecule has 1 heterocycles. The minimum Gasteiger partial charge on any atom is -0.342 e. The first-order valence-electron chi connectivity index (χ1n) is 4.54. The van der Waals surface area contributed by atoms with Crippen LogP contribution in [0.25, 0.3) is 0 Å². The standard InChI is InChI=1S/C9H13NO/c1-10-8-4-5-2-6(8)7(3-5)9(10)11/h5-8H,2-4H2,1H3/t5-,6-,7-,8+/m1/s1. The van der Waals surface area contributed by atoms with E-state index in [0.717, 1.165) is 11.8 Å². The molecule has 0 radical (unpaired) electrons. The van der Waals surface area contributed by atoms with Crippen LogP contribution in [0.1, 0.15) is 19.3 Å². The highest BCUT2D eigenvalue weighted by molar-refractivity contribution is 5.82. The Hall–Kier alpha value is -0.530. The van der Waals surface area contributed by atoms with Gasteiger partial charge in [-0.15, -0.1) is 0 Å². The van der Waals surface area contributed by atoms with Crippen molar-refractivity contribution in [2.75, 3.05) is 7.05 Å². The third kappa shape index (κ3) is 0.534. The molecule has 11 heavy (non-hydrogen) atoms.